The van der Waals surface area contributed by atoms with Gasteiger partial charge in [-0.2, -0.15) is 0 Å². The second kappa shape index (κ2) is 15.8. The van der Waals surface area contributed by atoms with Crippen LogP contribution in [0.4, 0.5) is 44.8 Å². The lowest BCUT2D eigenvalue weighted by Crippen LogP contribution is -2.61. The van der Waals surface area contributed by atoms with Gasteiger partial charge in [0, 0.05) is 49.9 Å². The predicted molar refractivity (Wildman–Crippen MR) is 341 cm³/mol. The molecule has 2 unspecified atom stereocenters. The molecule has 1 aromatic heterocycles. The van der Waals surface area contributed by atoms with E-state index >= 15 is 0 Å². The van der Waals surface area contributed by atoms with Gasteiger partial charge in [-0.15, -0.1) is 11.3 Å². The second-order valence-electron chi connectivity index (χ2n) is 31.5. The van der Waals surface area contributed by atoms with Gasteiger partial charge in [-0.3, -0.25) is 0 Å². The first-order valence-electron chi connectivity index (χ1n) is 30.9. The zero-order valence-corrected chi connectivity index (χ0v) is 51.4. The van der Waals surface area contributed by atoms with Crippen LogP contribution in [0.5, 0.6) is 0 Å². The minimum absolute atomic E-state index is 0.0172. The van der Waals surface area contributed by atoms with Gasteiger partial charge in [-0.25, -0.2) is 0 Å². The molecule has 4 heterocycles. The molecule has 7 aromatic rings. The number of rotatable bonds is 3. The van der Waals surface area contributed by atoms with Gasteiger partial charge in [0.2, 0.25) is 0 Å². The largest absolute Gasteiger partial charge is 0.334 e. The summed E-state index contributed by atoms with van der Waals surface area (Å²) in [6.45, 7) is 37.6. The van der Waals surface area contributed by atoms with Crippen LogP contribution in [0.15, 0.2) is 103 Å². The molecule has 79 heavy (non-hydrogen) atoms. The molecule has 9 aliphatic rings. The number of hydrogen-bond donors (Lipinski definition) is 0. The van der Waals surface area contributed by atoms with E-state index in [2.05, 4.69) is 233 Å². The monoisotopic (exact) mass is 1060 g/mol. The summed E-state index contributed by atoms with van der Waals surface area (Å²) < 4.78 is 1.45. The van der Waals surface area contributed by atoms with Crippen molar-refractivity contribution in [3.63, 3.8) is 0 Å². The van der Waals surface area contributed by atoms with Crippen molar-refractivity contribution in [3.8, 4) is 0 Å². The molecule has 3 aliphatic heterocycles. The summed E-state index contributed by atoms with van der Waals surface area (Å²) >= 11 is 2.09. The van der Waals surface area contributed by atoms with E-state index < -0.39 is 0 Å². The van der Waals surface area contributed by atoms with Crippen molar-refractivity contribution in [2.75, 3.05) is 14.7 Å². The van der Waals surface area contributed by atoms with Crippen LogP contribution in [0, 0.1) is 0 Å². The summed E-state index contributed by atoms with van der Waals surface area (Å²) in [5, 5.41) is 2.88. The highest BCUT2D eigenvalue weighted by Crippen LogP contribution is 2.63. The Morgan fingerprint density at radius 2 is 0.975 bits per heavy atom. The SMILES string of the molecule is CC(C)(C)c1ccc2c(c1)N(c1ccc3c(c1)C(C)(C)CCC3(C)C)c1cc(N3c4ccccc4C4(C)CCCCC34C)cc3c1B2c1c(sc2cc4c(cc12)C1(C)CCC4(C)CC1)N3c1ccc2c(c1)C(C)(C)CCC2(C)C. The van der Waals surface area contributed by atoms with Crippen molar-refractivity contribution in [1.29, 1.82) is 0 Å². The topological polar surface area (TPSA) is 9.72 Å². The Labute approximate surface area is 478 Å². The van der Waals surface area contributed by atoms with Crippen LogP contribution in [-0.2, 0) is 43.3 Å². The maximum atomic E-state index is 2.87. The van der Waals surface area contributed by atoms with E-state index in [1.165, 1.54) is 175 Å². The minimum Gasteiger partial charge on any atom is -0.334 e. The fourth-order valence-electron chi connectivity index (χ4n) is 18.1. The Kier molecular flexibility index (Phi) is 10.2. The predicted octanol–water partition coefficient (Wildman–Crippen LogP) is 18.8. The summed E-state index contributed by atoms with van der Waals surface area (Å²) in [7, 11) is 0. The molecule has 2 bridgehead atoms. The Balaban J connectivity index is 1.10. The van der Waals surface area contributed by atoms with Crippen molar-refractivity contribution >= 4 is 89.3 Å². The maximum absolute atomic E-state index is 2.87. The molecule has 2 saturated carbocycles. The first-order valence-corrected chi connectivity index (χ1v) is 31.7. The highest BCUT2D eigenvalue weighted by Gasteiger charge is 2.59. The van der Waals surface area contributed by atoms with E-state index in [1.807, 2.05) is 0 Å². The third-order valence-corrected chi connectivity index (χ3v) is 25.0. The van der Waals surface area contributed by atoms with E-state index in [4.69, 9.17) is 0 Å². The number of benzene rings is 6. The normalized spacial score (nSPS) is 27.8. The molecular weight excluding hydrogens is 974 g/mol. The molecule has 0 amide bonds. The molecule has 16 rings (SSSR count). The molecule has 5 heteroatoms. The highest BCUT2D eigenvalue weighted by molar-refractivity contribution is 7.26. The average Bonchev–Trinajstić information content (AvgIpc) is 2.54. The number of hydrogen-bond acceptors (Lipinski definition) is 4. The number of fused-ring (bicyclic) bond motifs is 13. The van der Waals surface area contributed by atoms with Gasteiger partial charge >= 0.3 is 0 Å². The lowest BCUT2D eigenvalue weighted by molar-refractivity contribution is 0.188. The summed E-state index contributed by atoms with van der Waals surface area (Å²) in [5.41, 5.74) is 26.5. The number of para-hydroxylation sites is 1. The van der Waals surface area contributed by atoms with Crippen molar-refractivity contribution in [2.24, 2.45) is 0 Å². The van der Waals surface area contributed by atoms with E-state index in [-0.39, 0.29) is 55.6 Å². The smallest absolute Gasteiger partial charge is 0.254 e. The van der Waals surface area contributed by atoms with Gasteiger partial charge in [-0.05, 0) is 236 Å². The third kappa shape index (κ3) is 6.72. The molecule has 0 saturated heterocycles. The summed E-state index contributed by atoms with van der Waals surface area (Å²) in [6.07, 6.45) is 14.8. The number of thiophene rings is 1. The number of anilines is 8. The summed E-state index contributed by atoms with van der Waals surface area (Å²) in [6, 6.07) is 43.6. The Morgan fingerprint density at radius 1 is 0.430 bits per heavy atom. The number of nitrogens with zero attached hydrogens (tertiary/aromatic N) is 3. The van der Waals surface area contributed by atoms with E-state index in [0.717, 1.165) is 6.42 Å². The molecule has 0 N–H and O–H groups in total. The molecule has 3 nitrogen and oxygen atoms in total. The van der Waals surface area contributed by atoms with Gasteiger partial charge in [0.25, 0.3) is 6.71 Å². The molecule has 2 atom stereocenters. The minimum atomic E-state index is -0.109. The van der Waals surface area contributed by atoms with Crippen molar-refractivity contribution in [2.45, 2.75) is 230 Å². The standard InChI is InChI=1S/C74H86BN3S/c1-66(2,3)45-22-27-57-59(38-45)76(46-23-25-50-53(39-46)69(8,9)32-30-67(50,4)5)60-41-48(78-58-21-17-16-20-52(58)73(14)28-18-19-29-74(73,78)15)42-61-64(60)75(57)63-49-43-55-56(72(13)36-34-71(55,12)35-37-72)44-62(49)79-65(63)77(61)47-24-26-51-54(40-47)70(10,11)33-31-68(51,6)7/h16-17,20-27,38-44H,18-19,28-37H2,1-15H3. The van der Waals surface area contributed by atoms with Gasteiger partial charge < -0.3 is 14.7 Å². The Hall–Kier alpha value is -5.26. The second-order valence-corrected chi connectivity index (χ2v) is 32.6. The van der Waals surface area contributed by atoms with Crippen molar-refractivity contribution in [3.05, 3.63) is 148 Å². The molecule has 2 fully saturated rings. The Bertz CT molecular complexity index is 3790. The van der Waals surface area contributed by atoms with Crippen LogP contribution in [0.25, 0.3) is 10.1 Å². The first kappa shape index (κ1) is 50.7. The highest BCUT2D eigenvalue weighted by atomic mass is 32.1. The summed E-state index contributed by atoms with van der Waals surface area (Å²) in [5.74, 6) is 0. The quantitative estimate of drug-likeness (QED) is 0.163. The van der Waals surface area contributed by atoms with Crippen LogP contribution < -0.4 is 31.1 Å². The third-order valence-electron chi connectivity index (χ3n) is 23.9. The first-order chi connectivity index (χ1) is 37.2. The zero-order valence-electron chi connectivity index (χ0n) is 50.6. The molecule has 0 spiro atoms. The molecular formula is C74H86BN3S. The van der Waals surface area contributed by atoms with Gasteiger partial charge in [0.1, 0.15) is 0 Å². The van der Waals surface area contributed by atoms with Gasteiger partial charge in [0.15, 0.2) is 0 Å². The van der Waals surface area contributed by atoms with Crippen LogP contribution in [0.3, 0.4) is 0 Å². The van der Waals surface area contributed by atoms with E-state index in [1.54, 1.807) is 11.1 Å². The van der Waals surface area contributed by atoms with Gasteiger partial charge in [-0.1, -0.05) is 152 Å². The fraction of sp³-hybridized carbons (Fsp3) is 0.486. The van der Waals surface area contributed by atoms with Crippen LogP contribution in [0.2, 0.25) is 0 Å². The van der Waals surface area contributed by atoms with Crippen molar-refractivity contribution in [1.82, 2.24) is 0 Å². The lowest BCUT2D eigenvalue weighted by Gasteiger charge is -2.52. The Morgan fingerprint density at radius 3 is 1.58 bits per heavy atom. The van der Waals surface area contributed by atoms with E-state index in [9.17, 15) is 0 Å². The van der Waals surface area contributed by atoms with Gasteiger partial charge in [0.05, 0.1) is 10.5 Å². The molecule has 0 radical (unpaired) electrons. The fourth-order valence-corrected chi connectivity index (χ4v) is 19.4. The maximum Gasteiger partial charge on any atom is 0.254 e. The summed E-state index contributed by atoms with van der Waals surface area (Å²) in [4.78, 5) is 8.47. The van der Waals surface area contributed by atoms with Crippen LogP contribution in [0.1, 0.15) is 225 Å². The van der Waals surface area contributed by atoms with Crippen LogP contribution >= 0.6 is 11.3 Å². The molecule has 6 aromatic carbocycles. The zero-order chi connectivity index (χ0) is 55.1. The van der Waals surface area contributed by atoms with Crippen molar-refractivity contribution < 1.29 is 0 Å². The molecule has 406 valence electrons. The van der Waals surface area contributed by atoms with Crippen LogP contribution in [-0.4, -0.2) is 12.3 Å². The molecule has 6 aliphatic carbocycles. The van der Waals surface area contributed by atoms with E-state index in [0.29, 0.717) is 0 Å². The average molecular weight is 1060 g/mol. The lowest BCUT2D eigenvalue weighted by atomic mass is 9.33.